The first-order valence-corrected chi connectivity index (χ1v) is 7.99. The molecule has 1 heterocycles. The van der Waals surface area contributed by atoms with Crippen molar-refractivity contribution in [3.05, 3.63) is 29.0 Å². The number of hydrogen-bond donors (Lipinski definition) is 2. The van der Waals surface area contributed by atoms with Crippen LogP contribution in [0.4, 0.5) is 4.39 Å². The third-order valence-corrected chi connectivity index (χ3v) is 4.67. The molecule has 1 aliphatic rings. The first-order valence-electron chi connectivity index (χ1n) is 6.13. The summed E-state index contributed by atoms with van der Waals surface area (Å²) < 4.78 is 44.9. The van der Waals surface area contributed by atoms with E-state index < -0.39 is 15.8 Å². The Hall–Kier alpha value is -0.730. The third kappa shape index (κ3) is 3.89. The summed E-state index contributed by atoms with van der Waals surface area (Å²) >= 11 is 5.64. The molecule has 2 atom stereocenters. The molecule has 112 valence electrons. The minimum atomic E-state index is -3.83. The fourth-order valence-electron chi connectivity index (χ4n) is 2.03. The SMILES string of the molecule is O=S(=O)(NC[C@H]1CC[C@@H](CO)O1)c1cc(F)cc(Cl)c1. The molecule has 0 amide bonds. The summed E-state index contributed by atoms with van der Waals surface area (Å²) in [6.07, 6.45) is 0.825. The molecule has 1 aliphatic heterocycles. The molecule has 1 aromatic carbocycles. The Morgan fingerprint density at radius 1 is 1.35 bits per heavy atom. The van der Waals surface area contributed by atoms with Gasteiger partial charge in [-0.25, -0.2) is 17.5 Å². The second-order valence-corrected chi connectivity index (χ2v) is 6.80. The van der Waals surface area contributed by atoms with Crippen LogP contribution < -0.4 is 4.72 Å². The summed E-state index contributed by atoms with van der Waals surface area (Å²) in [5.74, 6) is -0.713. The summed E-state index contributed by atoms with van der Waals surface area (Å²) in [5, 5.41) is 8.95. The minimum absolute atomic E-state index is 0.0165. The lowest BCUT2D eigenvalue weighted by atomic mass is 10.2. The highest BCUT2D eigenvalue weighted by Gasteiger charge is 2.26. The van der Waals surface area contributed by atoms with Gasteiger partial charge in [0.1, 0.15) is 5.82 Å². The van der Waals surface area contributed by atoms with Gasteiger partial charge < -0.3 is 9.84 Å². The normalized spacial score (nSPS) is 23.1. The van der Waals surface area contributed by atoms with Crippen molar-refractivity contribution in [2.45, 2.75) is 29.9 Å². The monoisotopic (exact) mass is 323 g/mol. The van der Waals surface area contributed by atoms with Gasteiger partial charge in [-0.2, -0.15) is 0 Å². The van der Waals surface area contributed by atoms with Crippen molar-refractivity contribution < 1.29 is 22.7 Å². The van der Waals surface area contributed by atoms with Gasteiger partial charge in [-0.3, -0.25) is 0 Å². The van der Waals surface area contributed by atoms with Crippen molar-refractivity contribution in [2.24, 2.45) is 0 Å². The Bertz CT molecular complexity index is 561. The quantitative estimate of drug-likeness (QED) is 0.856. The molecule has 2 rings (SSSR count). The van der Waals surface area contributed by atoms with Crippen LogP contribution in [0.3, 0.4) is 0 Å². The van der Waals surface area contributed by atoms with Crippen LogP contribution in [0.15, 0.2) is 23.1 Å². The van der Waals surface area contributed by atoms with Crippen molar-refractivity contribution in [3.8, 4) is 0 Å². The highest BCUT2D eigenvalue weighted by Crippen LogP contribution is 2.21. The van der Waals surface area contributed by atoms with E-state index in [2.05, 4.69) is 4.72 Å². The van der Waals surface area contributed by atoms with Crippen LogP contribution >= 0.6 is 11.6 Å². The fourth-order valence-corrected chi connectivity index (χ4v) is 3.44. The Morgan fingerprint density at radius 3 is 2.65 bits per heavy atom. The van der Waals surface area contributed by atoms with Crippen molar-refractivity contribution in [1.82, 2.24) is 4.72 Å². The van der Waals surface area contributed by atoms with Crippen LogP contribution in [0.2, 0.25) is 5.02 Å². The summed E-state index contributed by atoms with van der Waals surface area (Å²) in [6.45, 7) is -0.00425. The molecular formula is C12H15ClFNO4S. The molecule has 2 N–H and O–H groups in total. The van der Waals surface area contributed by atoms with E-state index >= 15 is 0 Å². The van der Waals surface area contributed by atoms with Crippen LogP contribution in [0.25, 0.3) is 0 Å². The Morgan fingerprint density at radius 2 is 2.05 bits per heavy atom. The summed E-state index contributed by atoms with van der Waals surface area (Å²) in [6, 6.07) is 3.12. The maximum atomic E-state index is 13.2. The van der Waals surface area contributed by atoms with Gasteiger partial charge in [-0.15, -0.1) is 0 Å². The molecule has 0 spiro atoms. The number of halogens is 2. The van der Waals surface area contributed by atoms with E-state index in [0.717, 1.165) is 12.1 Å². The van der Waals surface area contributed by atoms with Gasteiger partial charge in [-0.05, 0) is 31.0 Å². The molecule has 20 heavy (non-hydrogen) atoms. The first kappa shape index (κ1) is 15.7. The van der Waals surface area contributed by atoms with Crippen LogP contribution in [0.5, 0.6) is 0 Å². The van der Waals surface area contributed by atoms with E-state index in [1.165, 1.54) is 6.07 Å². The third-order valence-electron chi connectivity index (χ3n) is 3.05. The van der Waals surface area contributed by atoms with Gasteiger partial charge in [0.2, 0.25) is 10.0 Å². The molecule has 1 fully saturated rings. The number of benzene rings is 1. The predicted octanol–water partition coefficient (Wildman–Crippen LogP) is 1.30. The maximum Gasteiger partial charge on any atom is 0.240 e. The highest BCUT2D eigenvalue weighted by atomic mass is 35.5. The number of hydrogen-bond acceptors (Lipinski definition) is 4. The van der Waals surface area contributed by atoms with Crippen molar-refractivity contribution in [3.63, 3.8) is 0 Å². The first-order chi connectivity index (χ1) is 9.40. The van der Waals surface area contributed by atoms with E-state index in [1.807, 2.05) is 0 Å². The zero-order chi connectivity index (χ0) is 14.8. The van der Waals surface area contributed by atoms with Crippen molar-refractivity contribution in [1.29, 1.82) is 0 Å². The topological polar surface area (TPSA) is 75.6 Å². The standard InChI is InChI=1S/C12H15ClFNO4S/c13-8-3-9(14)5-12(4-8)20(17,18)15-6-10-1-2-11(7-16)19-10/h3-5,10-11,15-16H,1-2,6-7H2/t10-,11+/m1/s1. The fraction of sp³-hybridized carbons (Fsp3) is 0.500. The second-order valence-electron chi connectivity index (χ2n) is 4.60. The predicted molar refractivity (Wildman–Crippen MR) is 71.6 cm³/mol. The number of sulfonamides is 1. The molecule has 0 unspecified atom stereocenters. The van der Waals surface area contributed by atoms with Gasteiger partial charge in [0.15, 0.2) is 0 Å². The van der Waals surface area contributed by atoms with Gasteiger partial charge in [0, 0.05) is 11.6 Å². The average molecular weight is 324 g/mol. The highest BCUT2D eigenvalue weighted by molar-refractivity contribution is 7.89. The van der Waals surface area contributed by atoms with Gasteiger partial charge in [0.05, 0.1) is 23.7 Å². The molecule has 1 aromatic rings. The van der Waals surface area contributed by atoms with Crippen LogP contribution in [0.1, 0.15) is 12.8 Å². The van der Waals surface area contributed by atoms with Gasteiger partial charge >= 0.3 is 0 Å². The minimum Gasteiger partial charge on any atom is -0.394 e. The van der Waals surface area contributed by atoms with Crippen LogP contribution in [-0.2, 0) is 14.8 Å². The molecule has 1 saturated heterocycles. The van der Waals surface area contributed by atoms with Gasteiger partial charge in [0.25, 0.3) is 0 Å². The van der Waals surface area contributed by atoms with E-state index in [1.54, 1.807) is 0 Å². The van der Waals surface area contributed by atoms with Crippen molar-refractivity contribution in [2.75, 3.05) is 13.2 Å². The lowest BCUT2D eigenvalue weighted by Gasteiger charge is -2.13. The summed E-state index contributed by atoms with van der Waals surface area (Å²) in [4.78, 5) is -0.223. The van der Waals surface area contributed by atoms with E-state index in [-0.39, 0.29) is 35.3 Å². The molecule has 0 aromatic heterocycles. The Balaban J connectivity index is 2.01. The van der Waals surface area contributed by atoms with E-state index in [0.29, 0.717) is 12.8 Å². The lowest BCUT2D eigenvalue weighted by Crippen LogP contribution is -2.32. The summed E-state index contributed by atoms with van der Waals surface area (Å²) in [5.41, 5.74) is 0. The molecule has 0 aliphatic carbocycles. The number of rotatable bonds is 5. The van der Waals surface area contributed by atoms with E-state index in [9.17, 15) is 12.8 Å². The number of nitrogens with one attached hydrogen (secondary N) is 1. The number of aliphatic hydroxyl groups excluding tert-OH is 1. The second kappa shape index (κ2) is 6.36. The Kier molecular flexibility index (Phi) is 4.98. The number of aliphatic hydroxyl groups is 1. The Labute approximate surface area is 121 Å². The largest absolute Gasteiger partial charge is 0.394 e. The zero-order valence-electron chi connectivity index (χ0n) is 10.6. The zero-order valence-corrected chi connectivity index (χ0v) is 12.1. The van der Waals surface area contributed by atoms with E-state index in [4.69, 9.17) is 21.4 Å². The molecular weight excluding hydrogens is 309 g/mol. The van der Waals surface area contributed by atoms with Crippen LogP contribution in [0, 0.1) is 5.82 Å². The number of ether oxygens (including phenoxy) is 1. The smallest absolute Gasteiger partial charge is 0.240 e. The molecule has 5 nitrogen and oxygen atoms in total. The molecule has 0 saturated carbocycles. The van der Waals surface area contributed by atoms with Crippen LogP contribution in [-0.4, -0.2) is 38.9 Å². The lowest BCUT2D eigenvalue weighted by molar-refractivity contribution is 0.0144. The summed E-state index contributed by atoms with van der Waals surface area (Å²) in [7, 11) is -3.83. The maximum absolute atomic E-state index is 13.2. The average Bonchev–Trinajstić information content (AvgIpc) is 2.83. The van der Waals surface area contributed by atoms with Gasteiger partial charge in [-0.1, -0.05) is 11.6 Å². The molecule has 0 radical (unpaired) electrons. The molecule has 0 bridgehead atoms. The molecule has 8 heteroatoms. The van der Waals surface area contributed by atoms with Crippen molar-refractivity contribution >= 4 is 21.6 Å².